The molecule has 0 fully saturated rings. The Morgan fingerprint density at radius 2 is 1.55 bits per heavy atom. The average molecular weight is 261 g/mol. The Morgan fingerprint density at radius 3 is 2.10 bits per heavy atom. The summed E-state index contributed by atoms with van der Waals surface area (Å²) in [6.07, 6.45) is 2.41. The van der Waals surface area contributed by atoms with Crippen molar-refractivity contribution in [2.75, 3.05) is 0 Å². The van der Waals surface area contributed by atoms with E-state index in [0.29, 0.717) is 5.69 Å². The molecule has 0 unspecified atom stereocenters. The highest BCUT2D eigenvalue weighted by Crippen LogP contribution is 2.44. The molecule has 1 aliphatic carbocycles. The van der Waals surface area contributed by atoms with Gasteiger partial charge in [-0.25, -0.2) is 4.68 Å². The van der Waals surface area contributed by atoms with E-state index in [1.807, 2.05) is 24.3 Å². The lowest BCUT2D eigenvalue weighted by Gasteiger charge is -2.12. The summed E-state index contributed by atoms with van der Waals surface area (Å²) >= 11 is 0. The molecule has 1 aromatic heterocycles. The van der Waals surface area contributed by atoms with Gasteiger partial charge in [0.05, 0.1) is 6.20 Å². The average Bonchev–Trinajstić information content (AvgIpc) is 3.09. The summed E-state index contributed by atoms with van der Waals surface area (Å²) in [5.74, 6) is 0. The van der Waals surface area contributed by atoms with Crippen molar-refractivity contribution >= 4 is 6.29 Å². The third kappa shape index (κ3) is 1.45. The summed E-state index contributed by atoms with van der Waals surface area (Å²) < 4.78 is 1.76. The van der Waals surface area contributed by atoms with E-state index in [4.69, 9.17) is 0 Å². The van der Waals surface area contributed by atoms with Gasteiger partial charge in [-0.05, 0) is 22.3 Å². The highest BCUT2D eigenvalue weighted by Gasteiger charge is 2.30. The van der Waals surface area contributed by atoms with E-state index in [1.165, 1.54) is 22.3 Å². The van der Waals surface area contributed by atoms with Crippen LogP contribution in [0.3, 0.4) is 0 Å². The van der Waals surface area contributed by atoms with Gasteiger partial charge in [-0.2, -0.15) is 0 Å². The maximum absolute atomic E-state index is 10.8. The highest BCUT2D eigenvalue weighted by atomic mass is 16.1. The lowest BCUT2D eigenvalue weighted by atomic mass is 10.1. The molecule has 0 aliphatic heterocycles. The second-order valence-electron chi connectivity index (χ2n) is 4.82. The van der Waals surface area contributed by atoms with Gasteiger partial charge in [-0.3, -0.25) is 4.79 Å². The number of hydrogen-bond acceptors (Lipinski definition) is 3. The molecule has 3 aromatic rings. The van der Waals surface area contributed by atoms with Crippen molar-refractivity contribution in [1.82, 2.24) is 15.0 Å². The zero-order valence-corrected chi connectivity index (χ0v) is 10.6. The summed E-state index contributed by atoms with van der Waals surface area (Å²) in [7, 11) is 0. The van der Waals surface area contributed by atoms with Crippen LogP contribution in [0, 0.1) is 0 Å². The summed E-state index contributed by atoms with van der Waals surface area (Å²) in [5, 5.41) is 7.97. The van der Waals surface area contributed by atoms with Gasteiger partial charge in [-0.15, -0.1) is 5.10 Å². The van der Waals surface area contributed by atoms with E-state index in [9.17, 15) is 4.79 Å². The molecule has 0 saturated heterocycles. The van der Waals surface area contributed by atoms with Crippen LogP contribution >= 0.6 is 0 Å². The van der Waals surface area contributed by atoms with E-state index in [2.05, 4.69) is 34.6 Å². The molecule has 0 spiro atoms. The fourth-order valence-electron chi connectivity index (χ4n) is 2.88. The van der Waals surface area contributed by atoms with Crippen molar-refractivity contribution < 1.29 is 4.79 Å². The van der Waals surface area contributed by atoms with Gasteiger partial charge in [0.1, 0.15) is 11.7 Å². The van der Waals surface area contributed by atoms with Crippen LogP contribution in [-0.2, 0) is 0 Å². The molecule has 0 atom stereocenters. The van der Waals surface area contributed by atoms with E-state index in [-0.39, 0.29) is 6.04 Å². The highest BCUT2D eigenvalue weighted by molar-refractivity contribution is 5.78. The zero-order valence-electron chi connectivity index (χ0n) is 10.6. The molecule has 2 aromatic carbocycles. The molecule has 4 heteroatoms. The van der Waals surface area contributed by atoms with E-state index in [1.54, 1.807) is 10.9 Å². The number of nitrogens with zero attached hydrogens (tertiary/aromatic N) is 3. The van der Waals surface area contributed by atoms with Crippen LogP contribution in [0.1, 0.15) is 27.7 Å². The van der Waals surface area contributed by atoms with Crippen molar-refractivity contribution in [3.63, 3.8) is 0 Å². The minimum absolute atomic E-state index is 0.0106. The van der Waals surface area contributed by atoms with Gasteiger partial charge < -0.3 is 0 Å². The monoisotopic (exact) mass is 261 g/mol. The summed E-state index contributed by atoms with van der Waals surface area (Å²) in [5.41, 5.74) is 5.17. The number of fused-ring (bicyclic) bond motifs is 3. The van der Waals surface area contributed by atoms with Gasteiger partial charge in [0.15, 0.2) is 6.29 Å². The predicted molar refractivity (Wildman–Crippen MR) is 74.5 cm³/mol. The Hall–Kier alpha value is -2.75. The second kappa shape index (κ2) is 4.13. The van der Waals surface area contributed by atoms with Crippen molar-refractivity contribution in [1.29, 1.82) is 0 Å². The summed E-state index contributed by atoms with van der Waals surface area (Å²) in [4.78, 5) is 10.8. The molecule has 1 heterocycles. The van der Waals surface area contributed by atoms with Gasteiger partial charge >= 0.3 is 0 Å². The van der Waals surface area contributed by atoms with E-state index < -0.39 is 0 Å². The summed E-state index contributed by atoms with van der Waals surface area (Å²) in [6, 6.07) is 16.5. The number of aldehydes is 1. The normalized spacial score (nSPS) is 13.0. The minimum atomic E-state index is -0.0106. The number of rotatable bonds is 2. The van der Waals surface area contributed by atoms with Crippen molar-refractivity contribution in [2.45, 2.75) is 6.04 Å². The molecule has 0 amide bonds. The van der Waals surface area contributed by atoms with Gasteiger partial charge in [0.2, 0.25) is 0 Å². The van der Waals surface area contributed by atoms with Gasteiger partial charge in [-0.1, -0.05) is 53.7 Å². The van der Waals surface area contributed by atoms with Gasteiger partial charge in [0.25, 0.3) is 0 Å². The molecule has 96 valence electrons. The lowest BCUT2D eigenvalue weighted by Crippen LogP contribution is -2.10. The Morgan fingerprint density at radius 1 is 0.950 bits per heavy atom. The largest absolute Gasteiger partial charge is 0.296 e. The number of carbonyl (C=O) groups excluding carboxylic acids is 1. The van der Waals surface area contributed by atoms with Crippen LogP contribution in [0.2, 0.25) is 0 Å². The first kappa shape index (κ1) is 11.1. The van der Waals surface area contributed by atoms with Crippen molar-refractivity contribution in [3.05, 3.63) is 71.5 Å². The Kier molecular flexibility index (Phi) is 2.29. The van der Waals surface area contributed by atoms with Crippen LogP contribution in [0.5, 0.6) is 0 Å². The lowest BCUT2D eigenvalue weighted by molar-refractivity contribution is 0.111. The van der Waals surface area contributed by atoms with Crippen molar-refractivity contribution in [3.8, 4) is 11.1 Å². The minimum Gasteiger partial charge on any atom is -0.296 e. The van der Waals surface area contributed by atoms with Crippen LogP contribution < -0.4 is 0 Å². The number of aromatic nitrogens is 3. The SMILES string of the molecule is O=Cc1cn(C2c3ccccc3-c3ccccc32)nn1. The van der Waals surface area contributed by atoms with Crippen LogP contribution in [-0.4, -0.2) is 21.3 Å². The first-order valence-corrected chi connectivity index (χ1v) is 6.44. The predicted octanol–water partition coefficient (Wildman–Crippen LogP) is 2.71. The first-order chi connectivity index (χ1) is 9.88. The van der Waals surface area contributed by atoms with E-state index in [0.717, 1.165) is 6.29 Å². The molecule has 0 bridgehead atoms. The number of hydrogen-bond donors (Lipinski definition) is 0. The standard InChI is InChI=1S/C16H11N3O/c20-10-11-9-19(18-17-11)16-14-7-3-1-5-12(14)13-6-2-4-8-15(13)16/h1-10,16H. The van der Waals surface area contributed by atoms with Crippen molar-refractivity contribution in [2.24, 2.45) is 0 Å². The second-order valence-corrected chi connectivity index (χ2v) is 4.82. The molecule has 0 saturated carbocycles. The molecule has 0 N–H and O–H groups in total. The molecule has 20 heavy (non-hydrogen) atoms. The number of carbonyl (C=O) groups is 1. The molecular weight excluding hydrogens is 250 g/mol. The van der Waals surface area contributed by atoms with E-state index >= 15 is 0 Å². The Labute approximate surface area is 115 Å². The molecule has 4 rings (SSSR count). The molecule has 1 aliphatic rings. The van der Waals surface area contributed by atoms with Gasteiger partial charge in [0, 0.05) is 0 Å². The fourth-order valence-corrected chi connectivity index (χ4v) is 2.88. The third-order valence-corrected chi connectivity index (χ3v) is 3.71. The topological polar surface area (TPSA) is 47.8 Å². The number of benzene rings is 2. The molecular formula is C16H11N3O. The quantitative estimate of drug-likeness (QED) is 0.521. The maximum atomic E-state index is 10.8. The van der Waals surface area contributed by atoms with Crippen LogP contribution in [0.25, 0.3) is 11.1 Å². The molecule has 0 radical (unpaired) electrons. The maximum Gasteiger partial charge on any atom is 0.171 e. The third-order valence-electron chi connectivity index (χ3n) is 3.71. The summed E-state index contributed by atoms with van der Waals surface area (Å²) in [6.45, 7) is 0. The smallest absolute Gasteiger partial charge is 0.171 e. The Balaban J connectivity index is 1.97. The fraction of sp³-hybridized carbons (Fsp3) is 0.0625. The first-order valence-electron chi connectivity index (χ1n) is 6.44. The van der Waals surface area contributed by atoms with Crippen LogP contribution in [0.4, 0.5) is 0 Å². The van der Waals surface area contributed by atoms with Crippen LogP contribution in [0.15, 0.2) is 54.7 Å². The molecule has 4 nitrogen and oxygen atoms in total. The zero-order chi connectivity index (χ0) is 13.5. The Bertz CT molecular complexity index is 761.